The van der Waals surface area contributed by atoms with Crippen molar-refractivity contribution in [3.05, 3.63) is 46.8 Å². The topological polar surface area (TPSA) is 30.9 Å². The summed E-state index contributed by atoms with van der Waals surface area (Å²) in [4.78, 5) is 9.56. The molecule has 26 heavy (non-hydrogen) atoms. The average Bonchev–Trinajstić information content (AvgIpc) is 3.06. The molecule has 1 saturated heterocycles. The van der Waals surface area contributed by atoms with Crippen LogP contribution in [0.15, 0.2) is 35.3 Å². The molecule has 0 aromatic heterocycles. The van der Waals surface area contributed by atoms with Crippen LogP contribution < -0.4 is 5.32 Å². The van der Waals surface area contributed by atoms with Crippen LogP contribution in [0.5, 0.6) is 0 Å². The summed E-state index contributed by atoms with van der Waals surface area (Å²) in [6.45, 7) is 6.94. The number of nitrogens with zero attached hydrogens (tertiary/aromatic N) is 3. The predicted octanol–water partition coefficient (Wildman–Crippen LogP) is 3.25. The molecule has 3 aliphatic rings. The molecule has 2 fully saturated rings. The molecular weight excluding hydrogens is 351 g/mol. The van der Waals surface area contributed by atoms with E-state index in [2.05, 4.69) is 34.2 Å². The van der Waals surface area contributed by atoms with Gasteiger partial charge in [-0.05, 0) is 31.9 Å². The SMILES string of the molecule is CCN=C(NC1CC1c1c(F)cccc1Cl)N1CCC(N2CC=CC2)C1. The molecule has 1 N–H and O–H groups in total. The zero-order valence-corrected chi connectivity index (χ0v) is 15.9. The number of benzene rings is 1. The first-order valence-electron chi connectivity index (χ1n) is 9.56. The molecule has 1 aromatic carbocycles. The van der Waals surface area contributed by atoms with Gasteiger partial charge in [-0.25, -0.2) is 4.39 Å². The van der Waals surface area contributed by atoms with Crippen molar-refractivity contribution in [3.8, 4) is 0 Å². The minimum atomic E-state index is -0.205. The Morgan fingerprint density at radius 1 is 1.35 bits per heavy atom. The molecule has 2 aliphatic heterocycles. The molecule has 3 unspecified atom stereocenters. The minimum Gasteiger partial charge on any atom is -0.353 e. The van der Waals surface area contributed by atoms with E-state index in [4.69, 9.17) is 16.6 Å². The lowest BCUT2D eigenvalue weighted by atomic mass is 10.1. The van der Waals surface area contributed by atoms with Crippen LogP contribution >= 0.6 is 11.6 Å². The van der Waals surface area contributed by atoms with E-state index >= 15 is 0 Å². The Balaban J connectivity index is 1.39. The van der Waals surface area contributed by atoms with Crippen molar-refractivity contribution in [2.24, 2.45) is 4.99 Å². The Morgan fingerprint density at radius 2 is 2.15 bits per heavy atom. The maximum atomic E-state index is 14.2. The van der Waals surface area contributed by atoms with Gasteiger partial charge in [-0.15, -0.1) is 0 Å². The summed E-state index contributed by atoms with van der Waals surface area (Å²) in [6.07, 6.45) is 6.56. The van der Waals surface area contributed by atoms with Crippen LogP contribution in [-0.4, -0.2) is 60.6 Å². The Hall–Kier alpha value is -1.59. The van der Waals surface area contributed by atoms with Gasteiger partial charge < -0.3 is 10.2 Å². The summed E-state index contributed by atoms with van der Waals surface area (Å²) in [5.41, 5.74) is 0.643. The monoisotopic (exact) mass is 376 g/mol. The van der Waals surface area contributed by atoms with Crippen LogP contribution in [0.4, 0.5) is 4.39 Å². The average molecular weight is 377 g/mol. The Labute approximate surface area is 159 Å². The third-order valence-corrected chi connectivity index (χ3v) is 5.94. The van der Waals surface area contributed by atoms with Crippen molar-refractivity contribution in [2.75, 3.05) is 32.7 Å². The summed E-state index contributed by atoms with van der Waals surface area (Å²) in [7, 11) is 0. The van der Waals surface area contributed by atoms with Gasteiger partial charge in [0, 0.05) is 61.3 Å². The maximum absolute atomic E-state index is 14.2. The van der Waals surface area contributed by atoms with Crippen molar-refractivity contribution >= 4 is 17.6 Å². The second-order valence-corrected chi connectivity index (χ2v) is 7.75. The van der Waals surface area contributed by atoms with E-state index in [9.17, 15) is 4.39 Å². The fourth-order valence-corrected chi connectivity index (χ4v) is 4.42. The van der Waals surface area contributed by atoms with Gasteiger partial charge >= 0.3 is 0 Å². The van der Waals surface area contributed by atoms with E-state index in [1.807, 2.05) is 0 Å². The summed E-state index contributed by atoms with van der Waals surface area (Å²) in [5, 5.41) is 4.09. The van der Waals surface area contributed by atoms with E-state index in [-0.39, 0.29) is 17.8 Å². The lowest BCUT2D eigenvalue weighted by Gasteiger charge is -2.25. The van der Waals surface area contributed by atoms with Crippen LogP contribution in [0.2, 0.25) is 5.02 Å². The number of hydrogen-bond acceptors (Lipinski definition) is 2. The fourth-order valence-electron chi connectivity index (χ4n) is 4.12. The highest BCUT2D eigenvalue weighted by Crippen LogP contribution is 2.45. The molecule has 1 aliphatic carbocycles. The molecule has 0 bridgehead atoms. The molecule has 0 spiro atoms. The predicted molar refractivity (Wildman–Crippen MR) is 104 cm³/mol. The molecule has 4 rings (SSSR count). The van der Waals surface area contributed by atoms with Crippen molar-refractivity contribution in [3.63, 3.8) is 0 Å². The highest BCUT2D eigenvalue weighted by molar-refractivity contribution is 6.31. The maximum Gasteiger partial charge on any atom is 0.194 e. The summed E-state index contributed by atoms with van der Waals surface area (Å²) in [5.74, 6) is 0.887. The highest BCUT2D eigenvalue weighted by Gasteiger charge is 2.43. The van der Waals surface area contributed by atoms with Gasteiger partial charge in [0.25, 0.3) is 0 Å². The van der Waals surface area contributed by atoms with Gasteiger partial charge in [0.05, 0.1) is 0 Å². The zero-order chi connectivity index (χ0) is 18.1. The van der Waals surface area contributed by atoms with Gasteiger partial charge in [0.2, 0.25) is 0 Å². The molecule has 1 aromatic rings. The standard InChI is InChI=1S/C20H26ClFN4/c1-2-23-20(26-11-8-14(13-26)25-9-3-4-10-25)24-18-12-15(18)19-16(21)6-5-7-17(19)22/h3-7,14-15,18H,2,8-13H2,1H3,(H,23,24). The molecule has 140 valence electrons. The number of rotatable bonds is 4. The van der Waals surface area contributed by atoms with Crippen LogP contribution in [0.1, 0.15) is 31.2 Å². The molecule has 0 radical (unpaired) electrons. The van der Waals surface area contributed by atoms with Crippen molar-refractivity contribution < 1.29 is 4.39 Å². The summed E-state index contributed by atoms with van der Waals surface area (Å²) in [6, 6.07) is 5.72. The molecule has 3 atom stereocenters. The van der Waals surface area contributed by atoms with Gasteiger partial charge in [-0.1, -0.05) is 29.8 Å². The second kappa shape index (κ2) is 7.57. The van der Waals surface area contributed by atoms with Crippen LogP contribution in [-0.2, 0) is 0 Å². The fraction of sp³-hybridized carbons (Fsp3) is 0.550. The van der Waals surface area contributed by atoms with E-state index in [0.29, 0.717) is 16.6 Å². The first-order valence-corrected chi connectivity index (χ1v) is 9.94. The Kier molecular flexibility index (Phi) is 5.18. The Bertz CT molecular complexity index is 692. The van der Waals surface area contributed by atoms with Gasteiger partial charge in [0.1, 0.15) is 5.82 Å². The lowest BCUT2D eigenvalue weighted by molar-refractivity contribution is 0.259. The van der Waals surface area contributed by atoms with E-state index in [0.717, 1.165) is 45.1 Å². The van der Waals surface area contributed by atoms with Crippen LogP contribution in [0.3, 0.4) is 0 Å². The van der Waals surface area contributed by atoms with E-state index in [1.165, 1.54) is 12.5 Å². The molecule has 6 heteroatoms. The van der Waals surface area contributed by atoms with Crippen LogP contribution in [0.25, 0.3) is 0 Å². The third-order valence-electron chi connectivity index (χ3n) is 5.61. The number of hydrogen-bond donors (Lipinski definition) is 1. The number of guanidine groups is 1. The second-order valence-electron chi connectivity index (χ2n) is 7.34. The zero-order valence-electron chi connectivity index (χ0n) is 15.2. The largest absolute Gasteiger partial charge is 0.353 e. The van der Waals surface area contributed by atoms with Gasteiger partial charge in [0.15, 0.2) is 5.96 Å². The minimum absolute atomic E-state index is 0.131. The van der Waals surface area contributed by atoms with Gasteiger partial charge in [-0.3, -0.25) is 9.89 Å². The number of nitrogens with one attached hydrogen (secondary N) is 1. The van der Waals surface area contributed by atoms with Crippen molar-refractivity contribution in [1.82, 2.24) is 15.1 Å². The molecular formula is C20H26ClFN4. The van der Waals surface area contributed by atoms with E-state index < -0.39 is 0 Å². The quantitative estimate of drug-likeness (QED) is 0.497. The summed E-state index contributed by atoms with van der Waals surface area (Å²) < 4.78 is 14.2. The Morgan fingerprint density at radius 3 is 2.88 bits per heavy atom. The number of aliphatic imine (C=N–C) groups is 1. The first kappa shape index (κ1) is 17.8. The van der Waals surface area contributed by atoms with Gasteiger partial charge in [-0.2, -0.15) is 0 Å². The third kappa shape index (κ3) is 3.60. The molecule has 1 saturated carbocycles. The molecule has 2 heterocycles. The van der Waals surface area contributed by atoms with Crippen molar-refractivity contribution in [2.45, 2.75) is 37.8 Å². The number of likely N-dealkylation sites (tertiary alicyclic amines) is 1. The number of halogens is 2. The van der Waals surface area contributed by atoms with Crippen LogP contribution in [0, 0.1) is 5.82 Å². The lowest BCUT2D eigenvalue weighted by Crippen LogP contribution is -2.44. The van der Waals surface area contributed by atoms with E-state index in [1.54, 1.807) is 12.1 Å². The normalized spacial score (nSPS) is 28.8. The molecule has 4 nitrogen and oxygen atoms in total. The van der Waals surface area contributed by atoms with Crippen molar-refractivity contribution in [1.29, 1.82) is 0 Å². The first-order chi connectivity index (χ1) is 12.7. The summed E-state index contributed by atoms with van der Waals surface area (Å²) >= 11 is 6.23. The smallest absolute Gasteiger partial charge is 0.194 e. The molecule has 0 amide bonds. The highest BCUT2D eigenvalue weighted by atomic mass is 35.5.